The average molecular weight is 331 g/mol. The fourth-order valence-corrected chi connectivity index (χ4v) is 3.48. The second kappa shape index (κ2) is 6.55. The molecule has 1 aromatic heterocycles. The summed E-state index contributed by atoms with van der Waals surface area (Å²) in [5.74, 6) is 1.27. The maximum absolute atomic E-state index is 12.9. The van der Waals surface area contributed by atoms with Crippen molar-refractivity contribution in [2.45, 2.75) is 19.4 Å². The number of hydrogen-bond donors (Lipinski definition) is 0. The highest BCUT2D eigenvalue weighted by atomic mass is 16.2. The Kier molecular flexibility index (Phi) is 4.10. The number of anilines is 1. The summed E-state index contributed by atoms with van der Waals surface area (Å²) in [4.78, 5) is 19.0. The van der Waals surface area contributed by atoms with Gasteiger partial charge in [0.15, 0.2) is 0 Å². The SMILES string of the molecule is CN(C(=O)C1CCc2nccn2C1)c1ccc(-c2ccccc2)cc1. The van der Waals surface area contributed by atoms with Crippen LogP contribution in [-0.4, -0.2) is 22.5 Å². The molecule has 126 valence electrons. The van der Waals surface area contributed by atoms with Crippen LogP contribution in [0.5, 0.6) is 0 Å². The molecule has 0 radical (unpaired) electrons. The van der Waals surface area contributed by atoms with Crippen LogP contribution < -0.4 is 4.90 Å². The van der Waals surface area contributed by atoms with Gasteiger partial charge < -0.3 is 9.47 Å². The van der Waals surface area contributed by atoms with Crippen LogP contribution in [0.15, 0.2) is 67.0 Å². The molecule has 2 heterocycles. The number of carbonyl (C=O) groups excluding carboxylic acids is 1. The van der Waals surface area contributed by atoms with Gasteiger partial charge >= 0.3 is 0 Å². The van der Waals surface area contributed by atoms with E-state index in [1.807, 2.05) is 49.8 Å². The van der Waals surface area contributed by atoms with Crippen molar-refractivity contribution in [2.24, 2.45) is 5.92 Å². The van der Waals surface area contributed by atoms with Crippen LogP contribution in [0.25, 0.3) is 11.1 Å². The van der Waals surface area contributed by atoms with Gasteiger partial charge in [0.05, 0.1) is 5.92 Å². The van der Waals surface area contributed by atoms with Crippen LogP contribution in [0.1, 0.15) is 12.2 Å². The van der Waals surface area contributed by atoms with Crippen molar-refractivity contribution in [1.82, 2.24) is 9.55 Å². The predicted octanol–water partition coefficient (Wildman–Crippen LogP) is 3.78. The highest BCUT2D eigenvalue weighted by molar-refractivity contribution is 5.94. The molecule has 1 unspecified atom stereocenters. The van der Waals surface area contributed by atoms with Crippen LogP contribution in [0.2, 0.25) is 0 Å². The second-order valence-corrected chi connectivity index (χ2v) is 6.54. The average Bonchev–Trinajstić information content (AvgIpc) is 3.15. The number of hydrogen-bond acceptors (Lipinski definition) is 2. The van der Waals surface area contributed by atoms with E-state index < -0.39 is 0 Å². The third-order valence-electron chi connectivity index (χ3n) is 4.98. The number of amides is 1. The van der Waals surface area contributed by atoms with Crippen molar-refractivity contribution in [1.29, 1.82) is 0 Å². The molecule has 1 aliphatic rings. The molecule has 1 amide bonds. The maximum atomic E-state index is 12.9. The van der Waals surface area contributed by atoms with Gasteiger partial charge in [0.25, 0.3) is 0 Å². The molecule has 1 atom stereocenters. The molecule has 0 saturated heterocycles. The van der Waals surface area contributed by atoms with E-state index in [0.29, 0.717) is 0 Å². The Hall–Kier alpha value is -2.88. The van der Waals surface area contributed by atoms with Gasteiger partial charge in [0, 0.05) is 38.1 Å². The van der Waals surface area contributed by atoms with Gasteiger partial charge in [-0.25, -0.2) is 4.98 Å². The van der Waals surface area contributed by atoms with E-state index in [0.717, 1.165) is 36.5 Å². The lowest BCUT2D eigenvalue weighted by atomic mass is 9.97. The highest BCUT2D eigenvalue weighted by Crippen LogP contribution is 2.26. The van der Waals surface area contributed by atoms with Gasteiger partial charge in [-0.1, -0.05) is 42.5 Å². The summed E-state index contributed by atoms with van der Waals surface area (Å²) in [5, 5.41) is 0. The molecule has 0 aliphatic carbocycles. The minimum absolute atomic E-state index is 0.0144. The molecule has 4 nitrogen and oxygen atoms in total. The van der Waals surface area contributed by atoms with Gasteiger partial charge in [-0.05, 0) is 29.7 Å². The Labute approximate surface area is 147 Å². The largest absolute Gasteiger partial charge is 0.334 e. The van der Waals surface area contributed by atoms with E-state index in [2.05, 4.69) is 33.8 Å². The topological polar surface area (TPSA) is 38.1 Å². The number of carbonyl (C=O) groups is 1. The van der Waals surface area contributed by atoms with E-state index in [-0.39, 0.29) is 11.8 Å². The first-order valence-corrected chi connectivity index (χ1v) is 8.65. The molecule has 4 heteroatoms. The van der Waals surface area contributed by atoms with Crippen molar-refractivity contribution < 1.29 is 4.79 Å². The van der Waals surface area contributed by atoms with E-state index in [4.69, 9.17) is 0 Å². The number of aromatic nitrogens is 2. The Morgan fingerprint density at radius 1 is 1.08 bits per heavy atom. The molecular weight excluding hydrogens is 310 g/mol. The minimum atomic E-state index is 0.0144. The van der Waals surface area contributed by atoms with E-state index in [1.165, 1.54) is 5.56 Å². The van der Waals surface area contributed by atoms with Crippen molar-refractivity contribution in [3.63, 3.8) is 0 Å². The summed E-state index contributed by atoms with van der Waals surface area (Å²) >= 11 is 0. The Balaban J connectivity index is 1.49. The molecule has 0 spiro atoms. The summed E-state index contributed by atoms with van der Waals surface area (Å²) in [6.07, 6.45) is 5.50. The van der Waals surface area contributed by atoms with Crippen LogP contribution in [-0.2, 0) is 17.8 Å². The van der Waals surface area contributed by atoms with Gasteiger partial charge in [-0.2, -0.15) is 0 Å². The zero-order chi connectivity index (χ0) is 17.2. The Bertz CT molecular complexity index is 868. The van der Waals surface area contributed by atoms with Crippen LogP contribution in [0.4, 0.5) is 5.69 Å². The Morgan fingerprint density at radius 3 is 2.56 bits per heavy atom. The molecule has 1 aliphatic heterocycles. The minimum Gasteiger partial charge on any atom is -0.334 e. The highest BCUT2D eigenvalue weighted by Gasteiger charge is 2.27. The first-order chi connectivity index (χ1) is 12.2. The molecular formula is C21H21N3O. The monoisotopic (exact) mass is 331 g/mol. The third-order valence-corrected chi connectivity index (χ3v) is 4.98. The predicted molar refractivity (Wildman–Crippen MR) is 99.3 cm³/mol. The molecule has 4 rings (SSSR count). The quantitative estimate of drug-likeness (QED) is 0.732. The zero-order valence-electron chi connectivity index (χ0n) is 14.3. The summed E-state index contributed by atoms with van der Waals surface area (Å²) in [6.45, 7) is 0.723. The number of benzene rings is 2. The first-order valence-electron chi connectivity index (χ1n) is 8.65. The van der Waals surface area contributed by atoms with Crippen LogP contribution in [0.3, 0.4) is 0 Å². The number of imidazole rings is 1. The van der Waals surface area contributed by atoms with Gasteiger partial charge in [0.2, 0.25) is 5.91 Å². The third kappa shape index (κ3) is 3.07. The fourth-order valence-electron chi connectivity index (χ4n) is 3.48. The number of nitrogens with zero attached hydrogens (tertiary/aromatic N) is 3. The Morgan fingerprint density at radius 2 is 1.80 bits per heavy atom. The summed E-state index contributed by atoms with van der Waals surface area (Å²) < 4.78 is 2.10. The lowest BCUT2D eigenvalue weighted by molar-refractivity contribution is -0.123. The summed E-state index contributed by atoms with van der Waals surface area (Å²) in [5.41, 5.74) is 3.27. The first kappa shape index (κ1) is 15.6. The lowest BCUT2D eigenvalue weighted by Crippen LogP contribution is -2.37. The van der Waals surface area contributed by atoms with Crippen LogP contribution >= 0.6 is 0 Å². The van der Waals surface area contributed by atoms with Crippen molar-refractivity contribution in [2.75, 3.05) is 11.9 Å². The maximum Gasteiger partial charge on any atom is 0.231 e. The molecule has 0 fully saturated rings. The summed E-state index contributed by atoms with van der Waals surface area (Å²) in [6, 6.07) is 18.5. The smallest absolute Gasteiger partial charge is 0.231 e. The molecule has 3 aromatic rings. The molecule has 0 saturated carbocycles. The summed E-state index contributed by atoms with van der Waals surface area (Å²) in [7, 11) is 1.86. The number of aryl methyl sites for hydroxylation is 1. The lowest BCUT2D eigenvalue weighted by Gasteiger charge is -2.27. The standard InChI is InChI=1S/C21H21N3O/c1-23(21(25)18-9-12-20-22-13-14-24(20)15-18)19-10-7-17(8-11-19)16-5-3-2-4-6-16/h2-8,10-11,13-14,18H,9,12,15H2,1H3. The molecule has 0 bridgehead atoms. The zero-order valence-corrected chi connectivity index (χ0v) is 14.3. The molecule has 0 N–H and O–H groups in total. The van der Waals surface area contributed by atoms with Crippen molar-refractivity contribution in [3.05, 3.63) is 72.8 Å². The van der Waals surface area contributed by atoms with Crippen molar-refractivity contribution in [3.8, 4) is 11.1 Å². The van der Waals surface area contributed by atoms with Gasteiger partial charge in [-0.3, -0.25) is 4.79 Å². The van der Waals surface area contributed by atoms with E-state index in [9.17, 15) is 4.79 Å². The van der Waals surface area contributed by atoms with Gasteiger partial charge in [-0.15, -0.1) is 0 Å². The van der Waals surface area contributed by atoms with Crippen LogP contribution in [0, 0.1) is 5.92 Å². The van der Waals surface area contributed by atoms with E-state index >= 15 is 0 Å². The fraction of sp³-hybridized carbons (Fsp3) is 0.238. The van der Waals surface area contributed by atoms with Gasteiger partial charge in [0.1, 0.15) is 5.82 Å². The van der Waals surface area contributed by atoms with E-state index in [1.54, 1.807) is 4.90 Å². The number of fused-ring (bicyclic) bond motifs is 1. The number of rotatable bonds is 3. The molecule has 25 heavy (non-hydrogen) atoms. The normalized spacial score (nSPS) is 16.3. The second-order valence-electron chi connectivity index (χ2n) is 6.54. The van der Waals surface area contributed by atoms with Crippen molar-refractivity contribution >= 4 is 11.6 Å². The molecule has 2 aromatic carbocycles.